The Labute approximate surface area is 208 Å². The quantitative estimate of drug-likeness (QED) is 0.668. The third-order valence-electron chi connectivity index (χ3n) is 7.99. The average Bonchev–Trinajstić information content (AvgIpc) is 3.30. The number of amides is 1. The Morgan fingerprint density at radius 1 is 1.03 bits per heavy atom. The molecule has 3 fully saturated rings. The van der Waals surface area contributed by atoms with Gasteiger partial charge in [-0.3, -0.25) is 14.7 Å². The molecule has 35 heavy (non-hydrogen) atoms. The zero-order chi connectivity index (χ0) is 24.3. The molecule has 0 radical (unpaired) electrons. The molecular weight excluding hydrogens is 438 g/mol. The Bertz CT molecular complexity index is 1070. The Kier molecular flexibility index (Phi) is 7.19. The van der Waals surface area contributed by atoms with Crippen molar-refractivity contribution in [3.05, 3.63) is 65.5 Å². The van der Waals surface area contributed by atoms with Crippen LogP contribution in [0.5, 0.6) is 0 Å². The topological polar surface area (TPSA) is 76.9 Å². The van der Waals surface area contributed by atoms with Crippen LogP contribution in [0.25, 0.3) is 0 Å². The Hall–Kier alpha value is -2.72. The Morgan fingerprint density at radius 3 is 2.46 bits per heavy atom. The van der Waals surface area contributed by atoms with Crippen LogP contribution in [-0.2, 0) is 11.2 Å². The molecule has 3 heterocycles. The highest BCUT2D eigenvalue weighted by Crippen LogP contribution is 2.42. The first-order valence-corrected chi connectivity index (χ1v) is 13.0. The van der Waals surface area contributed by atoms with E-state index in [1.54, 1.807) is 12.4 Å². The van der Waals surface area contributed by atoms with Gasteiger partial charge in [0.2, 0.25) is 5.91 Å². The highest BCUT2D eigenvalue weighted by molar-refractivity contribution is 5.78. The fourth-order valence-electron chi connectivity index (χ4n) is 6.02. The van der Waals surface area contributed by atoms with Crippen molar-refractivity contribution in [1.29, 1.82) is 0 Å². The highest BCUT2D eigenvalue weighted by Gasteiger charge is 2.49. The molecule has 1 aliphatic carbocycles. The molecule has 0 spiro atoms. The van der Waals surface area contributed by atoms with Crippen molar-refractivity contribution in [2.75, 3.05) is 26.2 Å². The summed E-state index contributed by atoms with van der Waals surface area (Å²) >= 11 is 0. The lowest BCUT2D eigenvalue weighted by Gasteiger charge is -2.57. The van der Waals surface area contributed by atoms with Gasteiger partial charge in [-0.25, -0.2) is 0 Å². The maximum absolute atomic E-state index is 13.2. The summed E-state index contributed by atoms with van der Waals surface area (Å²) in [5.41, 5.74) is 2.23. The van der Waals surface area contributed by atoms with Gasteiger partial charge in [0.25, 0.3) is 0 Å². The molecule has 2 aromatic rings. The SMILES string of the molecule is O=C(Cc1ccncc1)N1CCCCN2[C@H](CO)[C@@H](c3ccc(C#CC4(O)CCCC4)cc3)[C@@H]2C1. The van der Waals surface area contributed by atoms with Gasteiger partial charge in [0.05, 0.1) is 13.0 Å². The van der Waals surface area contributed by atoms with Crippen LogP contribution in [-0.4, -0.2) is 74.8 Å². The summed E-state index contributed by atoms with van der Waals surface area (Å²) in [5.74, 6) is 6.56. The molecule has 2 saturated heterocycles. The zero-order valence-electron chi connectivity index (χ0n) is 20.3. The maximum atomic E-state index is 13.2. The van der Waals surface area contributed by atoms with E-state index in [-0.39, 0.29) is 30.5 Å². The molecule has 5 rings (SSSR count). The summed E-state index contributed by atoms with van der Waals surface area (Å²) in [5, 5.41) is 20.7. The van der Waals surface area contributed by atoms with Crippen molar-refractivity contribution in [2.45, 2.75) is 68.5 Å². The van der Waals surface area contributed by atoms with E-state index in [4.69, 9.17) is 0 Å². The lowest BCUT2D eigenvalue weighted by molar-refractivity contribution is -0.135. The molecule has 0 unspecified atom stereocenters. The summed E-state index contributed by atoms with van der Waals surface area (Å²) in [6, 6.07) is 12.3. The van der Waals surface area contributed by atoms with Crippen molar-refractivity contribution in [3.8, 4) is 11.8 Å². The third-order valence-corrected chi connectivity index (χ3v) is 7.99. The number of carbonyl (C=O) groups excluding carboxylic acids is 1. The van der Waals surface area contributed by atoms with E-state index in [9.17, 15) is 15.0 Å². The molecule has 1 aromatic carbocycles. The van der Waals surface area contributed by atoms with E-state index in [0.717, 1.165) is 62.7 Å². The van der Waals surface area contributed by atoms with Crippen molar-refractivity contribution in [3.63, 3.8) is 0 Å². The van der Waals surface area contributed by atoms with Crippen LogP contribution < -0.4 is 0 Å². The zero-order valence-corrected chi connectivity index (χ0v) is 20.3. The van der Waals surface area contributed by atoms with Crippen LogP contribution in [0.3, 0.4) is 0 Å². The van der Waals surface area contributed by atoms with Crippen LogP contribution >= 0.6 is 0 Å². The van der Waals surface area contributed by atoms with E-state index in [0.29, 0.717) is 13.0 Å². The van der Waals surface area contributed by atoms with Gasteiger partial charge in [0.1, 0.15) is 5.60 Å². The number of aromatic nitrogens is 1. The minimum atomic E-state index is -0.833. The monoisotopic (exact) mass is 473 g/mol. The van der Waals surface area contributed by atoms with E-state index < -0.39 is 5.60 Å². The Morgan fingerprint density at radius 2 is 1.74 bits per heavy atom. The van der Waals surface area contributed by atoms with Crippen molar-refractivity contribution in [1.82, 2.24) is 14.8 Å². The van der Waals surface area contributed by atoms with Crippen LogP contribution in [0.15, 0.2) is 48.8 Å². The second-order valence-corrected chi connectivity index (χ2v) is 10.3. The van der Waals surface area contributed by atoms with Gasteiger partial charge in [-0.2, -0.15) is 0 Å². The first kappa shape index (κ1) is 24.0. The maximum Gasteiger partial charge on any atom is 0.227 e. The van der Waals surface area contributed by atoms with Gasteiger partial charge in [0, 0.05) is 49.0 Å². The minimum Gasteiger partial charge on any atom is -0.395 e. The lowest BCUT2D eigenvalue weighted by atomic mass is 9.74. The minimum absolute atomic E-state index is 0.0754. The van der Waals surface area contributed by atoms with Crippen LogP contribution in [0.2, 0.25) is 0 Å². The van der Waals surface area contributed by atoms with Gasteiger partial charge >= 0.3 is 0 Å². The van der Waals surface area contributed by atoms with Crippen LogP contribution in [0.1, 0.15) is 61.1 Å². The number of aliphatic hydroxyl groups excluding tert-OH is 1. The van der Waals surface area contributed by atoms with E-state index >= 15 is 0 Å². The standard InChI is InChI=1S/C29H35N3O3/c33-21-26-28(24-7-5-22(6-8-24)9-14-29(35)12-1-2-13-29)25-20-31(17-3-4-18-32(25)26)27(34)19-23-10-15-30-16-11-23/h5-8,10-11,15-16,25-26,28,33,35H,1-4,12-13,17-21H2/t25-,26+,28-/m0/s1. The Balaban J connectivity index is 1.31. The van der Waals surface area contributed by atoms with E-state index in [2.05, 4.69) is 33.9 Å². The molecule has 2 aliphatic heterocycles. The molecule has 1 saturated carbocycles. The number of carbonyl (C=O) groups is 1. The lowest BCUT2D eigenvalue weighted by Crippen LogP contribution is -2.68. The largest absolute Gasteiger partial charge is 0.395 e. The fraction of sp³-hybridized carbons (Fsp3) is 0.517. The number of aliphatic hydroxyl groups is 2. The van der Waals surface area contributed by atoms with Gasteiger partial charge in [-0.15, -0.1) is 0 Å². The summed E-state index contributed by atoms with van der Waals surface area (Å²) in [6.45, 7) is 2.53. The van der Waals surface area contributed by atoms with Gasteiger partial charge in [-0.05, 0) is 80.5 Å². The summed E-state index contributed by atoms with van der Waals surface area (Å²) in [6.07, 6.45) is 9.44. The molecule has 3 atom stereocenters. The number of hydrogen-bond acceptors (Lipinski definition) is 5. The molecule has 184 valence electrons. The summed E-state index contributed by atoms with van der Waals surface area (Å²) in [4.78, 5) is 21.6. The smallest absolute Gasteiger partial charge is 0.227 e. The number of rotatable bonds is 4. The van der Waals surface area contributed by atoms with Gasteiger partial charge in [0.15, 0.2) is 0 Å². The molecule has 3 aliphatic rings. The predicted octanol–water partition coefficient (Wildman–Crippen LogP) is 2.73. The average molecular weight is 474 g/mol. The van der Waals surface area contributed by atoms with Crippen molar-refractivity contribution in [2.24, 2.45) is 0 Å². The number of hydrogen-bond donors (Lipinski definition) is 2. The van der Waals surface area contributed by atoms with Crippen molar-refractivity contribution < 1.29 is 15.0 Å². The fourth-order valence-corrected chi connectivity index (χ4v) is 6.02. The number of nitrogens with zero attached hydrogens (tertiary/aromatic N) is 3. The molecule has 6 nitrogen and oxygen atoms in total. The number of pyridine rings is 1. The van der Waals surface area contributed by atoms with Crippen molar-refractivity contribution >= 4 is 5.91 Å². The summed E-state index contributed by atoms with van der Waals surface area (Å²) in [7, 11) is 0. The summed E-state index contributed by atoms with van der Waals surface area (Å²) < 4.78 is 0. The van der Waals surface area contributed by atoms with E-state index in [1.807, 2.05) is 29.2 Å². The number of benzene rings is 1. The van der Waals surface area contributed by atoms with Crippen LogP contribution in [0.4, 0.5) is 0 Å². The molecule has 1 aromatic heterocycles. The van der Waals surface area contributed by atoms with Crippen LogP contribution in [0, 0.1) is 11.8 Å². The second-order valence-electron chi connectivity index (χ2n) is 10.3. The number of fused-ring (bicyclic) bond motifs is 1. The molecule has 1 amide bonds. The highest BCUT2D eigenvalue weighted by atomic mass is 16.3. The normalized spacial score (nSPS) is 26.0. The second kappa shape index (κ2) is 10.5. The third kappa shape index (κ3) is 5.28. The van der Waals surface area contributed by atoms with Gasteiger partial charge < -0.3 is 15.1 Å². The van der Waals surface area contributed by atoms with Gasteiger partial charge in [-0.1, -0.05) is 24.0 Å². The first-order chi connectivity index (χ1) is 17.1. The molecule has 6 heteroatoms. The first-order valence-electron chi connectivity index (χ1n) is 13.0. The predicted molar refractivity (Wildman–Crippen MR) is 135 cm³/mol. The molecule has 2 N–H and O–H groups in total. The van der Waals surface area contributed by atoms with E-state index in [1.165, 1.54) is 5.56 Å². The molecular formula is C29H35N3O3. The molecule has 0 bridgehead atoms.